The van der Waals surface area contributed by atoms with E-state index in [4.69, 9.17) is 23.2 Å². The minimum atomic E-state index is -0.189. The van der Waals surface area contributed by atoms with Crippen LogP contribution < -0.4 is 5.32 Å². The van der Waals surface area contributed by atoms with E-state index in [9.17, 15) is 9.59 Å². The van der Waals surface area contributed by atoms with Crippen molar-refractivity contribution in [2.45, 2.75) is 20.0 Å². The van der Waals surface area contributed by atoms with Gasteiger partial charge in [0.25, 0.3) is 11.8 Å². The van der Waals surface area contributed by atoms with Gasteiger partial charge in [0.1, 0.15) is 15.6 Å². The maximum Gasteiger partial charge on any atom is 0.272 e. The largest absolute Gasteiger partial charge is 0.347 e. The summed E-state index contributed by atoms with van der Waals surface area (Å²) < 4.78 is 0. The van der Waals surface area contributed by atoms with Gasteiger partial charge in [0, 0.05) is 49.0 Å². The molecule has 2 amide bonds. The number of nitrogens with one attached hydrogen (secondary N) is 1. The van der Waals surface area contributed by atoms with Crippen LogP contribution in [0, 0.1) is 6.92 Å². The highest BCUT2D eigenvalue weighted by Gasteiger charge is 2.24. The second-order valence-electron chi connectivity index (χ2n) is 7.77. The minimum Gasteiger partial charge on any atom is -0.347 e. The topological polar surface area (TPSA) is 78.4 Å². The first kappa shape index (κ1) is 23.6. The van der Waals surface area contributed by atoms with Crippen LogP contribution in [0.1, 0.15) is 36.3 Å². The first-order valence-corrected chi connectivity index (χ1v) is 12.1. The molecule has 7 nitrogen and oxygen atoms in total. The molecule has 1 N–H and O–H groups in total. The van der Waals surface area contributed by atoms with Crippen molar-refractivity contribution in [1.82, 2.24) is 25.1 Å². The van der Waals surface area contributed by atoms with Crippen molar-refractivity contribution in [1.29, 1.82) is 0 Å². The fourth-order valence-corrected chi connectivity index (χ4v) is 4.93. The number of hydrogen-bond acceptors (Lipinski definition) is 6. The van der Waals surface area contributed by atoms with Crippen LogP contribution in [0.3, 0.4) is 0 Å². The predicted octanol–water partition coefficient (Wildman–Crippen LogP) is 4.04. The number of carbonyl (C=O) groups excluding carboxylic acids is 2. The summed E-state index contributed by atoms with van der Waals surface area (Å²) in [6.07, 6.45) is 3.25. The molecule has 0 radical (unpaired) electrons. The van der Waals surface area contributed by atoms with Crippen molar-refractivity contribution >= 4 is 46.4 Å². The van der Waals surface area contributed by atoms with E-state index < -0.39 is 0 Å². The molecule has 2 aromatic heterocycles. The molecule has 0 saturated carbocycles. The summed E-state index contributed by atoms with van der Waals surface area (Å²) >= 11 is 13.4. The second kappa shape index (κ2) is 10.6. The molecule has 3 aromatic rings. The smallest absolute Gasteiger partial charge is 0.272 e. The van der Waals surface area contributed by atoms with E-state index in [0.29, 0.717) is 46.8 Å². The van der Waals surface area contributed by atoms with E-state index in [0.717, 1.165) is 29.2 Å². The lowest BCUT2D eigenvalue weighted by Gasteiger charge is -2.34. The molecule has 172 valence electrons. The second-order valence-corrected chi connectivity index (χ2v) is 9.73. The van der Waals surface area contributed by atoms with E-state index in [1.165, 1.54) is 11.3 Å². The van der Waals surface area contributed by atoms with E-state index in [1.807, 2.05) is 24.0 Å². The fraction of sp³-hybridized carbons (Fsp3) is 0.304. The third-order valence-electron chi connectivity index (χ3n) is 5.46. The Morgan fingerprint density at radius 1 is 1.12 bits per heavy atom. The Balaban J connectivity index is 1.27. The standard InChI is InChI=1S/C23H23Cl2N5O2S/c1-15-3-2-6-26-21(15)23(32)30-9-7-29(8-10-30)14-20-27-13-19(33-20)22(31)28-12-16-4-5-17(24)11-18(16)25/h2-6,11,13H,7-10,12,14H2,1H3,(H,28,31). The molecule has 0 unspecified atom stereocenters. The zero-order chi connectivity index (χ0) is 23.4. The molecule has 0 spiro atoms. The quantitative estimate of drug-likeness (QED) is 0.548. The van der Waals surface area contributed by atoms with Crippen LogP contribution >= 0.6 is 34.5 Å². The number of pyridine rings is 1. The van der Waals surface area contributed by atoms with E-state index in [2.05, 4.69) is 20.2 Å². The number of benzene rings is 1. The summed E-state index contributed by atoms with van der Waals surface area (Å²) in [7, 11) is 0. The lowest BCUT2D eigenvalue weighted by Crippen LogP contribution is -2.48. The predicted molar refractivity (Wildman–Crippen MR) is 130 cm³/mol. The number of rotatable bonds is 6. The Hall–Kier alpha value is -2.52. The zero-order valence-corrected chi connectivity index (χ0v) is 20.4. The van der Waals surface area contributed by atoms with Crippen molar-refractivity contribution in [2.75, 3.05) is 26.2 Å². The van der Waals surface area contributed by atoms with Crippen LogP contribution in [0.4, 0.5) is 0 Å². The van der Waals surface area contributed by atoms with Gasteiger partial charge in [0.2, 0.25) is 0 Å². The van der Waals surface area contributed by atoms with Crippen molar-refractivity contribution in [3.63, 3.8) is 0 Å². The van der Waals surface area contributed by atoms with Crippen LogP contribution in [0.25, 0.3) is 0 Å². The third kappa shape index (κ3) is 5.89. The van der Waals surface area contributed by atoms with Crippen LogP contribution in [-0.4, -0.2) is 57.8 Å². The minimum absolute atomic E-state index is 0.0262. The van der Waals surface area contributed by atoms with Gasteiger partial charge in [0.15, 0.2) is 0 Å². The number of halogens is 2. The molecular formula is C23H23Cl2N5O2S. The number of carbonyl (C=O) groups is 2. The highest BCUT2D eigenvalue weighted by molar-refractivity contribution is 7.13. The molecule has 0 aliphatic carbocycles. The van der Waals surface area contributed by atoms with Gasteiger partial charge in [0.05, 0.1) is 12.7 Å². The van der Waals surface area contributed by atoms with Crippen LogP contribution in [-0.2, 0) is 13.1 Å². The number of aryl methyl sites for hydroxylation is 1. The lowest BCUT2D eigenvalue weighted by molar-refractivity contribution is 0.0621. The van der Waals surface area contributed by atoms with Gasteiger partial charge in [-0.3, -0.25) is 19.5 Å². The van der Waals surface area contributed by atoms with Gasteiger partial charge in [-0.25, -0.2) is 4.98 Å². The number of aromatic nitrogens is 2. The van der Waals surface area contributed by atoms with Gasteiger partial charge in [-0.15, -0.1) is 11.3 Å². The molecule has 3 heterocycles. The summed E-state index contributed by atoms with van der Waals surface area (Å²) in [6.45, 7) is 5.61. The van der Waals surface area contributed by atoms with Gasteiger partial charge in [-0.05, 0) is 36.2 Å². The fourth-order valence-electron chi connectivity index (χ4n) is 3.58. The molecule has 0 bridgehead atoms. The Labute approximate surface area is 206 Å². The Kier molecular flexibility index (Phi) is 7.60. The average molecular weight is 504 g/mol. The highest BCUT2D eigenvalue weighted by atomic mass is 35.5. The maximum atomic E-state index is 12.7. The van der Waals surface area contributed by atoms with Crippen molar-refractivity contribution in [3.05, 3.63) is 79.5 Å². The van der Waals surface area contributed by atoms with E-state index >= 15 is 0 Å². The first-order valence-electron chi connectivity index (χ1n) is 10.5. The summed E-state index contributed by atoms with van der Waals surface area (Å²) in [5.41, 5.74) is 2.20. The molecule has 0 atom stereocenters. The van der Waals surface area contributed by atoms with E-state index in [-0.39, 0.29) is 11.8 Å². The molecule has 1 aliphatic rings. The lowest BCUT2D eigenvalue weighted by atomic mass is 10.2. The average Bonchev–Trinajstić information content (AvgIpc) is 3.27. The summed E-state index contributed by atoms with van der Waals surface area (Å²) in [5.74, 6) is -0.215. The van der Waals surface area contributed by atoms with Crippen LogP contribution in [0.15, 0.2) is 42.7 Å². The Morgan fingerprint density at radius 3 is 2.64 bits per heavy atom. The first-order chi connectivity index (χ1) is 15.9. The van der Waals surface area contributed by atoms with Gasteiger partial charge in [-0.2, -0.15) is 0 Å². The van der Waals surface area contributed by atoms with Crippen LogP contribution in [0.5, 0.6) is 0 Å². The molecule has 1 aliphatic heterocycles. The molecule has 10 heteroatoms. The SMILES string of the molecule is Cc1cccnc1C(=O)N1CCN(Cc2ncc(C(=O)NCc3ccc(Cl)cc3Cl)s2)CC1. The van der Waals surface area contributed by atoms with E-state index in [1.54, 1.807) is 30.6 Å². The molecular weight excluding hydrogens is 481 g/mol. The van der Waals surface area contributed by atoms with Crippen LogP contribution in [0.2, 0.25) is 10.0 Å². The van der Waals surface area contributed by atoms with Crippen molar-refractivity contribution < 1.29 is 9.59 Å². The summed E-state index contributed by atoms with van der Waals surface area (Å²) in [6, 6.07) is 8.92. The normalized spacial score (nSPS) is 14.3. The molecule has 4 rings (SSSR count). The highest BCUT2D eigenvalue weighted by Crippen LogP contribution is 2.21. The summed E-state index contributed by atoms with van der Waals surface area (Å²) in [4.78, 5) is 38.5. The maximum absolute atomic E-state index is 12.7. The Bertz CT molecular complexity index is 1160. The third-order valence-corrected chi connectivity index (χ3v) is 7.03. The number of nitrogens with zero attached hydrogens (tertiary/aromatic N) is 4. The van der Waals surface area contributed by atoms with Crippen molar-refractivity contribution in [2.24, 2.45) is 0 Å². The zero-order valence-electron chi connectivity index (χ0n) is 18.1. The van der Waals surface area contributed by atoms with Gasteiger partial charge in [-0.1, -0.05) is 35.3 Å². The molecule has 1 fully saturated rings. The number of amides is 2. The number of piperazine rings is 1. The number of hydrogen-bond donors (Lipinski definition) is 1. The van der Waals surface area contributed by atoms with Gasteiger partial charge < -0.3 is 10.2 Å². The van der Waals surface area contributed by atoms with Crippen molar-refractivity contribution in [3.8, 4) is 0 Å². The molecule has 33 heavy (non-hydrogen) atoms. The van der Waals surface area contributed by atoms with Gasteiger partial charge >= 0.3 is 0 Å². The monoisotopic (exact) mass is 503 g/mol. The summed E-state index contributed by atoms with van der Waals surface area (Å²) in [5, 5.41) is 4.81. The Morgan fingerprint density at radius 2 is 1.91 bits per heavy atom. The number of thiazole rings is 1. The molecule has 1 saturated heterocycles. The molecule has 1 aromatic carbocycles.